The van der Waals surface area contributed by atoms with E-state index in [1.807, 2.05) is 31.2 Å². The molecule has 3 rings (SSSR count). The maximum absolute atomic E-state index is 12.1. The normalized spacial score (nSPS) is 10.7. The summed E-state index contributed by atoms with van der Waals surface area (Å²) in [5, 5.41) is 21.4. The third-order valence-corrected chi connectivity index (χ3v) is 3.82. The molecule has 2 aromatic heterocycles. The van der Waals surface area contributed by atoms with Crippen LogP contribution in [0.15, 0.2) is 36.8 Å². The van der Waals surface area contributed by atoms with Gasteiger partial charge in [0.25, 0.3) is 0 Å². The smallest absolute Gasteiger partial charge is 0.292 e. The fraction of sp³-hybridized carbons (Fsp3) is 0.250. The van der Waals surface area contributed by atoms with E-state index >= 15 is 0 Å². The number of benzene rings is 1. The number of aryl methyl sites for hydroxylation is 1. The molecule has 0 fully saturated rings. The molecule has 0 unspecified atom stereocenters. The summed E-state index contributed by atoms with van der Waals surface area (Å²) in [6.45, 7) is 3.93. The van der Waals surface area contributed by atoms with Crippen LogP contribution in [0.4, 0.5) is 11.6 Å². The van der Waals surface area contributed by atoms with Crippen LogP contribution in [0.5, 0.6) is 0 Å². The average molecular weight is 355 g/mol. The minimum Gasteiger partial charge on any atom is -0.292 e. The zero-order valence-electron chi connectivity index (χ0n) is 14.3. The Labute approximate surface area is 148 Å². The maximum atomic E-state index is 12.1. The van der Waals surface area contributed by atoms with Gasteiger partial charge in [-0.3, -0.25) is 24.9 Å². The van der Waals surface area contributed by atoms with Crippen molar-refractivity contribution in [3.63, 3.8) is 0 Å². The molecule has 3 aromatic rings. The molecule has 1 amide bonds. The molecule has 10 heteroatoms. The number of rotatable bonds is 6. The number of amides is 1. The number of nitrogens with zero attached hydrogens (tertiary/aromatic N) is 6. The number of hydrogen-bond acceptors (Lipinski definition) is 6. The fourth-order valence-corrected chi connectivity index (χ4v) is 2.38. The number of carbonyl (C=O) groups is 1. The first-order valence-corrected chi connectivity index (χ1v) is 7.84. The lowest BCUT2D eigenvalue weighted by atomic mass is 10.1. The zero-order valence-corrected chi connectivity index (χ0v) is 14.3. The van der Waals surface area contributed by atoms with Crippen molar-refractivity contribution in [2.75, 3.05) is 5.32 Å². The number of carbonyl (C=O) groups excluding carboxylic acids is 1. The molecular formula is C16H17N7O3. The second-order valence-electron chi connectivity index (χ2n) is 5.83. The highest BCUT2D eigenvalue weighted by molar-refractivity contribution is 5.88. The van der Waals surface area contributed by atoms with Gasteiger partial charge in [-0.05, 0) is 19.4 Å². The second kappa shape index (κ2) is 7.13. The van der Waals surface area contributed by atoms with Crippen LogP contribution in [0.3, 0.4) is 0 Å². The minimum atomic E-state index is -0.537. The minimum absolute atomic E-state index is 0.127. The van der Waals surface area contributed by atoms with Crippen LogP contribution >= 0.6 is 0 Å². The summed E-state index contributed by atoms with van der Waals surface area (Å²) in [6.07, 6.45) is 2.65. The van der Waals surface area contributed by atoms with Crippen LogP contribution in [0.2, 0.25) is 0 Å². The summed E-state index contributed by atoms with van der Waals surface area (Å²) in [6, 6.07) is 8.03. The third-order valence-electron chi connectivity index (χ3n) is 3.82. The zero-order chi connectivity index (χ0) is 18.7. The first-order chi connectivity index (χ1) is 12.4. The van der Waals surface area contributed by atoms with E-state index in [9.17, 15) is 14.9 Å². The van der Waals surface area contributed by atoms with E-state index in [1.165, 1.54) is 23.5 Å². The highest BCUT2D eigenvalue weighted by atomic mass is 16.6. The Hall–Kier alpha value is -3.56. The van der Waals surface area contributed by atoms with Crippen LogP contribution in [-0.4, -0.2) is 35.4 Å². The predicted molar refractivity (Wildman–Crippen MR) is 92.6 cm³/mol. The number of nitrogens with one attached hydrogen (secondary N) is 1. The molecule has 2 heterocycles. The summed E-state index contributed by atoms with van der Waals surface area (Å²) in [4.78, 5) is 26.4. The topological polar surface area (TPSA) is 121 Å². The largest absolute Gasteiger partial charge is 0.309 e. The van der Waals surface area contributed by atoms with Crippen molar-refractivity contribution in [3.8, 4) is 0 Å². The van der Waals surface area contributed by atoms with Crippen molar-refractivity contribution in [2.45, 2.75) is 26.9 Å². The van der Waals surface area contributed by atoms with Gasteiger partial charge in [0.2, 0.25) is 11.9 Å². The average Bonchev–Trinajstić information content (AvgIpc) is 3.17. The van der Waals surface area contributed by atoms with Gasteiger partial charge in [-0.25, -0.2) is 9.67 Å². The molecule has 0 saturated carbocycles. The summed E-state index contributed by atoms with van der Waals surface area (Å²) >= 11 is 0. The number of anilines is 1. The van der Waals surface area contributed by atoms with Crippen molar-refractivity contribution in [2.24, 2.45) is 0 Å². The second-order valence-corrected chi connectivity index (χ2v) is 5.83. The van der Waals surface area contributed by atoms with Crippen LogP contribution in [0.1, 0.15) is 16.8 Å². The molecule has 10 nitrogen and oxygen atoms in total. The monoisotopic (exact) mass is 355 g/mol. The Kier molecular flexibility index (Phi) is 4.74. The molecule has 26 heavy (non-hydrogen) atoms. The molecule has 0 aliphatic carbocycles. The van der Waals surface area contributed by atoms with Crippen molar-refractivity contribution in [1.29, 1.82) is 0 Å². The van der Waals surface area contributed by atoms with Gasteiger partial charge < -0.3 is 0 Å². The van der Waals surface area contributed by atoms with E-state index in [0.29, 0.717) is 12.2 Å². The van der Waals surface area contributed by atoms with E-state index in [-0.39, 0.29) is 18.2 Å². The Morgan fingerprint density at radius 2 is 2.00 bits per heavy atom. The first kappa shape index (κ1) is 17.3. The molecule has 0 spiro atoms. The highest BCUT2D eigenvalue weighted by Crippen LogP contribution is 2.16. The Bertz CT molecular complexity index is 943. The molecule has 134 valence electrons. The third kappa shape index (κ3) is 3.91. The molecule has 0 saturated heterocycles. The standard InChI is InChI=1S/C16H17N7O3/c1-11-3-5-13(6-4-11)8-21-10-17-16(20-21)19-15(24)9-22-12(2)14(7-18-22)23(25)26/h3-7,10H,8-9H2,1-2H3,(H,19,20,24). The van der Waals surface area contributed by atoms with E-state index in [0.717, 1.165) is 11.8 Å². The Balaban J connectivity index is 1.61. The van der Waals surface area contributed by atoms with Gasteiger partial charge in [-0.2, -0.15) is 5.10 Å². The van der Waals surface area contributed by atoms with Crippen molar-refractivity contribution >= 4 is 17.5 Å². The van der Waals surface area contributed by atoms with Gasteiger partial charge in [0.05, 0.1) is 11.5 Å². The summed E-state index contributed by atoms with van der Waals surface area (Å²) in [5.74, 6) is -0.249. The summed E-state index contributed by atoms with van der Waals surface area (Å²) < 4.78 is 2.88. The molecule has 0 bridgehead atoms. The fourth-order valence-electron chi connectivity index (χ4n) is 2.38. The van der Waals surface area contributed by atoms with E-state index in [4.69, 9.17) is 0 Å². The van der Waals surface area contributed by atoms with Gasteiger partial charge in [-0.15, -0.1) is 5.10 Å². The number of nitro groups is 1. The van der Waals surface area contributed by atoms with Gasteiger partial charge >= 0.3 is 5.69 Å². The lowest BCUT2D eigenvalue weighted by Crippen LogP contribution is -2.21. The van der Waals surface area contributed by atoms with Gasteiger partial charge in [-0.1, -0.05) is 29.8 Å². The lowest BCUT2D eigenvalue weighted by Gasteiger charge is -2.03. The predicted octanol–water partition coefficient (Wildman–Crippen LogP) is 1.69. The number of hydrogen-bond donors (Lipinski definition) is 1. The van der Waals surface area contributed by atoms with E-state index in [1.54, 1.807) is 4.68 Å². The highest BCUT2D eigenvalue weighted by Gasteiger charge is 2.18. The molecule has 0 aliphatic heterocycles. The Morgan fingerprint density at radius 3 is 2.65 bits per heavy atom. The quantitative estimate of drug-likeness (QED) is 0.530. The molecule has 1 N–H and O–H groups in total. The van der Waals surface area contributed by atoms with Crippen molar-refractivity contribution < 1.29 is 9.72 Å². The molecular weight excluding hydrogens is 338 g/mol. The number of aromatic nitrogens is 5. The SMILES string of the molecule is Cc1ccc(Cn2cnc(NC(=O)Cn3ncc([N+](=O)[O-])c3C)n2)cc1. The van der Waals surface area contributed by atoms with E-state index < -0.39 is 10.8 Å². The molecule has 0 atom stereocenters. The first-order valence-electron chi connectivity index (χ1n) is 7.84. The lowest BCUT2D eigenvalue weighted by molar-refractivity contribution is -0.385. The maximum Gasteiger partial charge on any atom is 0.309 e. The summed E-state index contributed by atoms with van der Waals surface area (Å²) in [7, 11) is 0. The molecule has 0 aliphatic rings. The van der Waals surface area contributed by atoms with Crippen LogP contribution < -0.4 is 5.32 Å². The molecule has 1 aromatic carbocycles. The van der Waals surface area contributed by atoms with Crippen molar-refractivity contribution in [1.82, 2.24) is 24.5 Å². The van der Waals surface area contributed by atoms with Crippen LogP contribution in [0.25, 0.3) is 0 Å². The van der Waals surface area contributed by atoms with Crippen LogP contribution in [-0.2, 0) is 17.9 Å². The van der Waals surface area contributed by atoms with Gasteiger partial charge in [0.15, 0.2) is 0 Å². The van der Waals surface area contributed by atoms with Crippen LogP contribution in [0, 0.1) is 24.0 Å². The van der Waals surface area contributed by atoms with Gasteiger partial charge in [0, 0.05) is 0 Å². The van der Waals surface area contributed by atoms with Gasteiger partial charge in [0.1, 0.15) is 24.8 Å². The van der Waals surface area contributed by atoms with E-state index in [2.05, 4.69) is 20.5 Å². The molecule has 0 radical (unpaired) electrons. The Morgan fingerprint density at radius 1 is 1.27 bits per heavy atom. The van der Waals surface area contributed by atoms with Crippen molar-refractivity contribution in [3.05, 3.63) is 63.7 Å². The summed E-state index contributed by atoms with van der Waals surface area (Å²) in [5.41, 5.74) is 2.42.